The summed E-state index contributed by atoms with van der Waals surface area (Å²) in [6, 6.07) is 7.52. The molecule has 0 aliphatic carbocycles. The Bertz CT molecular complexity index is 464. The van der Waals surface area contributed by atoms with Crippen molar-refractivity contribution in [3.05, 3.63) is 36.0 Å². The number of allylic oxidation sites excluding steroid dienone is 1. The molecular weight excluding hydrogens is 282 g/mol. The lowest BCUT2D eigenvalue weighted by molar-refractivity contribution is -0.138. The standard InChI is InChI=1S/C17H25NO4/c1-3-4-10-20-15-6-8-16(9-7-15)21-11-5-12-22-17(19)13-14(2)18/h6-9,13H,3-5,10-12,18H2,1-2H3. The molecule has 22 heavy (non-hydrogen) atoms. The van der Waals surface area contributed by atoms with Crippen LogP contribution in [0.2, 0.25) is 0 Å². The predicted octanol–water partition coefficient (Wildman–Crippen LogP) is 3.04. The third-order valence-corrected chi connectivity index (χ3v) is 2.74. The van der Waals surface area contributed by atoms with Crippen LogP contribution < -0.4 is 15.2 Å². The lowest BCUT2D eigenvalue weighted by Crippen LogP contribution is -2.08. The minimum atomic E-state index is -0.423. The third-order valence-electron chi connectivity index (χ3n) is 2.74. The van der Waals surface area contributed by atoms with Crippen LogP contribution in [-0.2, 0) is 9.53 Å². The number of unbranched alkanes of at least 4 members (excludes halogenated alkanes) is 1. The largest absolute Gasteiger partial charge is 0.494 e. The number of carbonyl (C=O) groups excluding carboxylic acids is 1. The van der Waals surface area contributed by atoms with Gasteiger partial charge in [-0.15, -0.1) is 0 Å². The number of nitrogens with two attached hydrogens (primary N) is 1. The lowest BCUT2D eigenvalue weighted by atomic mass is 10.3. The van der Waals surface area contributed by atoms with E-state index in [9.17, 15) is 4.79 Å². The van der Waals surface area contributed by atoms with Gasteiger partial charge in [-0.3, -0.25) is 0 Å². The van der Waals surface area contributed by atoms with Crippen molar-refractivity contribution in [2.45, 2.75) is 33.1 Å². The maximum Gasteiger partial charge on any atom is 0.332 e. The molecule has 0 amide bonds. The second kappa shape index (κ2) is 10.5. The Hall–Kier alpha value is -2.17. The topological polar surface area (TPSA) is 70.8 Å². The van der Waals surface area contributed by atoms with Crippen molar-refractivity contribution in [1.82, 2.24) is 0 Å². The molecule has 0 bridgehead atoms. The van der Waals surface area contributed by atoms with Crippen LogP contribution in [0.1, 0.15) is 33.1 Å². The molecule has 0 fully saturated rings. The zero-order valence-electron chi connectivity index (χ0n) is 13.3. The molecule has 0 radical (unpaired) electrons. The lowest BCUT2D eigenvalue weighted by Gasteiger charge is -2.08. The minimum absolute atomic E-state index is 0.306. The van der Waals surface area contributed by atoms with Gasteiger partial charge in [0, 0.05) is 18.2 Å². The normalized spacial score (nSPS) is 11.1. The van der Waals surface area contributed by atoms with Crippen molar-refractivity contribution < 1.29 is 19.0 Å². The van der Waals surface area contributed by atoms with Crippen molar-refractivity contribution in [1.29, 1.82) is 0 Å². The number of esters is 1. The summed E-state index contributed by atoms with van der Waals surface area (Å²) < 4.78 is 16.1. The average molecular weight is 307 g/mol. The first-order valence-corrected chi connectivity index (χ1v) is 7.58. The molecule has 0 spiro atoms. The maximum absolute atomic E-state index is 11.2. The summed E-state index contributed by atoms with van der Waals surface area (Å²) in [7, 11) is 0. The number of hydrogen-bond donors (Lipinski definition) is 1. The van der Waals surface area contributed by atoms with E-state index in [1.54, 1.807) is 6.92 Å². The Kier molecular flexibility index (Phi) is 8.57. The highest BCUT2D eigenvalue weighted by molar-refractivity contribution is 5.82. The highest BCUT2D eigenvalue weighted by atomic mass is 16.5. The van der Waals surface area contributed by atoms with Crippen LogP contribution in [0.25, 0.3) is 0 Å². The Morgan fingerprint density at radius 3 is 2.09 bits per heavy atom. The van der Waals surface area contributed by atoms with E-state index in [4.69, 9.17) is 19.9 Å². The molecule has 0 aliphatic rings. The van der Waals surface area contributed by atoms with Gasteiger partial charge in [0.15, 0.2) is 0 Å². The SMILES string of the molecule is CCCCOc1ccc(OCCCOC(=O)C=C(C)N)cc1. The minimum Gasteiger partial charge on any atom is -0.494 e. The molecule has 0 unspecified atom stereocenters. The molecule has 0 heterocycles. The summed E-state index contributed by atoms with van der Waals surface area (Å²) in [6.45, 7) is 5.29. The van der Waals surface area contributed by atoms with Crippen LogP contribution in [0.5, 0.6) is 11.5 Å². The zero-order valence-corrected chi connectivity index (χ0v) is 13.3. The second-order valence-electron chi connectivity index (χ2n) is 4.93. The number of carbonyl (C=O) groups is 1. The fourth-order valence-electron chi connectivity index (χ4n) is 1.62. The van der Waals surface area contributed by atoms with Gasteiger partial charge < -0.3 is 19.9 Å². The number of benzene rings is 1. The van der Waals surface area contributed by atoms with Gasteiger partial charge in [-0.05, 0) is 37.6 Å². The fourth-order valence-corrected chi connectivity index (χ4v) is 1.62. The Morgan fingerprint density at radius 2 is 1.59 bits per heavy atom. The Balaban J connectivity index is 2.17. The van der Waals surface area contributed by atoms with E-state index in [1.807, 2.05) is 24.3 Å². The van der Waals surface area contributed by atoms with Gasteiger partial charge in [0.1, 0.15) is 11.5 Å². The quantitative estimate of drug-likeness (QED) is 0.409. The van der Waals surface area contributed by atoms with E-state index < -0.39 is 5.97 Å². The van der Waals surface area contributed by atoms with Crippen LogP contribution in [0.3, 0.4) is 0 Å². The molecular formula is C17H25NO4. The van der Waals surface area contributed by atoms with Crippen LogP contribution >= 0.6 is 0 Å². The van der Waals surface area contributed by atoms with Gasteiger partial charge in [0.2, 0.25) is 0 Å². The van der Waals surface area contributed by atoms with Gasteiger partial charge in [0.05, 0.1) is 19.8 Å². The summed E-state index contributed by atoms with van der Waals surface area (Å²) in [4.78, 5) is 11.2. The molecule has 1 aromatic rings. The van der Waals surface area contributed by atoms with E-state index in [0.717, 1.165) is 30.9 Å². The summed E-state index contributed by atoms with van der Waals surface area (Å²) in [5, 5.41) is 0. The number of rotatable bonds is 10. The molecule has 0 aliphatic heterocycles. The second-order valence-corrected chi connectivity index (χ2v) is 4.93. The molecule has 0 saturated heterocycles. The van der Waals surface area contributed by atoms with Gasteiger partial charge in [0.25, 0.3) is 0 Å². The smallest absolute Gasteiger partial charge is 0.332 e. The Labute approximate surface area is 132 Å². The average Bonchev–Trinajstić information content (AvgIpc) is 2.48. The summed E-state index contributed by atoms with van der Waals surface area (Å²) in [5.41, 5.74) is 5.81. The van der Waals surface area contributed by atoms with Gasteiger partial charge >= 0.3 is 5.97 Å². The molecule has 5 heteroatoms. The summed E-state index contributed by atoms with van der Waals surface area (Å²) in [5.74, 6) is 1.19. The van der Waals surface area contributed by atoms with Gasteiger partial charge in [-0.25, -0.2) is 4.79 Å². The fraction of sp³-hybridized carbons (Fsp3) is 0.471. The van der Waals surface area contributed by atoms with Crippen molar-refractivity contribution >= 4 is 5.97 Å². The Morgan fingerprint density at radius 1 is 1.05 bits per heavy atom. The van der Waals surface area contributed by atoms with E-state index in [2.05, 4.69) is 6.92 Å². The number of hydrogen-bond acceptors (Lipinski definition) is 5. The van der Waals surface area contributed by atoms with Crippen molar-refractivity contribution in [2.75, 3.05) is 19.8 Å². The first-order valence-electron chi connectivity index (χ1n) is 7.58. The molecule has 1 rings (SSSR count). The van der Waals surface area contributed by atoms with E-state index in [1.165, 1.54) is 6.08 Å². The van der Waals surface area contributed by atoms with Crippen LogP contribution in [0.15, 0.2) is 36.0 Å². The van der Waals surface area contributed by atoms with Gasteiger partial charge in [-0.1, -0.05) is 13.3 Å². The molecule has 122 valence electrons. The first-order chi connectivity index (χ1) is 10.6. The maximum atomic E-state index is 11.2. The van der Waals surface area contributed by atoms with E-state index in [-0.39, 0.29) is 0 Å². The summed E-state index contributed by atoms with van der Waals surface area (Å²) >= 11 is 0. The van der Waals surface area contributed by atoms with Gasteiger partial charge in [-0.2, -0.15) is 0 Å². The van der Waals surface area contributed by atoms with Crippen LogP contribution in [0, 0.1) is 0 Å². The molecule has 0 saturated carbocycles. The summed E-state index contributed by atoms with van der Waals surface area (Å²) in [6.07, 6.45) is 4.05. The van der Waals surface area contributed by atoms with Crippen molar-refractivity contribution in [3.8, 4) is 11.5 Å². The first kappa shape index (κ1) is 17.9. The molecule has 1 aromatic carbocycles. The highest BCUT2D eigenvalue weighted by Crippen LogP contribution is 2.17. The van der Waals surface area contributed by atoms with Crippen LogP contribution in [-0.4, -0.2) is 25.8 Å². The number of ether oxygens (including phenoxy) is 3. The van der Waals surface area contributed by atoms with Crippen LogP contribution in [0.4, 0.5) is 0 Å². The monoisotopic (exact) mass is 307 g/mol. The zero-order chi connectivity index (χ0) is 16.2. The molecule has 0 atom stereocenters. The molecule has 5 nitrogen and oxygen atoms in total. The molecule has 0 aromatic heterocycles. The molecule has 2 N–H and O–H groups in total. The highest BCUT2D eigenvalue weighted by Gasteiger charge is 1.99. The van der Waals surface area contributed by atoms with E-state index in [0.29, 0.717) is 25.3 Å². The van der Waals surface area contributed by atoms with E-state index >= 15 is 0 Å². The predicted molar refractivity (Wildman–Crippen MR) is 85.9 cm³/mol. The third kappa shape index (κ3) is 8.19. The van der Waals surface area contributed by atoms with Crippen molar-refractivity contribution in [2.24, 2.45) is 5.73 Å². The van der Waals surface area contributed by atoms with Crippen molar-refractivity contribution in [3.63, 3.8) is 0 Å².